The number of carbonyl (C=O) groups excluding carboxylic acids is 2. The van der Waals surface area contributed by atoms with Crippen LogP contribution in [0.4, 0.5) is 5.00 Å². The van der Waals surface area contributed by atoms with Crippen molar-refractivity contribution in [1.82, 2.24) is 9.88 Å². The average Bonchev–Trinajstić information content (AvgIpc) is 2.74. The van der Waals surface area contributed by atoms with Crippen LogP contribution in [0.3, 0.4) is 0 Å². The predicted octanol–water partition coefficient (Wildman–Crippen LogP) is 0.820. The Labute approximate surface area is 104 Å². The lowest BCUT2D eigenvalue weighted by Crippen LogP contribution is -2.28. The molecule has 0 saturated carbocycles. The van der Waals surface area contributed by atoms with Gasteiger partial charge in [0.05, 0.1) is 18.7 Å². The van der Waals surface area contributed by atoms with Gasteiger partial charge in [-0.2, -0.15) is 0 Å². The second-order valence-corrected chi connectivity index (χ2v) is 4.25. The number of ether oxygens (including phenoxy) is 1. The molecule has 1 aromatic heterocycles. The fraction of sp³-hybridized carbons (Fsp3) is 0.500. The SMILES string of the molecule is CCOC(=O)c1ncsc1NCC(=O)N(C)C. The Hall–Kier alpha value is -1.63. The third kappa shape index (κ3) is 3.70. The molecule has 1 rings (SSSR count). The summed E-state index contributed by atoms with van der Waals surface area (Å²) in [4.78, 5) is 28.3. The van der Waals surface area contributed by atoms with E-state index >= 15 is 0 Å². The highest BCUT2D eigenvalue weighted by atomic mass is 32.1. The Kier molecular flexibility index (Phi) is 4.89. The number of nitrogens with zero attached hydrogens (tertiary/aromatic N) is 2. The van der Waals surface area contributed by atoms with E-state index in [2.05, 4.69) is 10.3 Å². The summed E-state index contributed by atoms with van der Waals surface area (Å²) in [5, 5.41) is 3.43. The second kappa shape index (κ2) is 6.19. The number of carbonyl (C=O) groups is 2. The Morgan fingerprint density at radius 1 is 1.53 bits per heavy atom. The van der Waals surface area contributed by atoms with Gasteiger partial charge >= 0.3 is 5.97 Å². The molecule has 0 saturated heterocycles. The van der Waals surface area contributed by atoms with Gasteiger partial charge in [-0.1, -0.05) is 0 Å². The van der Waals surface area contributed by atoms with Crippen molar-refractivity contribution in [3.63, 3.8) is 0 Å². The molecule has 1 aromatic rings. The molecule has 0 unspecified atom stereocenters. The predicted molar refractivity (Wildman–Crippen MR) is 65.3 cm³/mol. The average molecular weight is 257 g/mol. The minimum atomic E-state index is -0.478. The van der Waals surface area contributed by atoms with Crippen molar-refractivity contribution in [2.75, 3.05) is 32.6 Å². The van der Waals surface area contributed by atoms with E-state index in [1.165, 1.54) is 21.7 Å². The first kappa shape index (κ1) is 13.4. The van der Waals surface area contributed by atoms with Crippen LogP contribution in [0.2, 0.25) is 0 Å². The van der Waals surface area contributed by atoms with Gasteiger partial charge in [-0.3, -0.25) is 4.79 Å². The lowest BCUT2D eigenvalue weighted by molar-refractivity contribution is -0.126. The van der Waals surface area contributed by atoms with Crippen LogP contribution in [-0.4, -0.2) is 49.0 Å². The molecule has 0 atom stereocenters. The monoisotopic (exact) mass is 257 g/mol. The van der Waals surface area contributed by atoms with Crippen molar-refractivity contribution in [3.8, 4) is 0 Å². The van der Waals surface area contributed by atoms with Crippen molar-refractivity contribution in [3.05, 3.63) is 11.2 Å². The molecular weight excluding hydrogens is 242 g/mol. The highest BCUT2D eigenvalue weighted by Gasteiger charge is 2.16. The summed E-state index contributed by atoms with van der Waals surface area (Å²) in [5.74, 6) is -0.554. The van der Waals surface area contributed by atoms with Crippen molar-refractivity contribution in [2.45, 2.75) is 6.92 Å². The molecule has 0 bridgehead atoms. The number of hydrogen-bond donors (Lipinski definition) is 1. The van der Waals surface area contributed by atoms with Gasteiger partial charge in [-0.05, 0) is 6.92 Å². The molecule has 94 valence electrons. The van der Waals surface area contributed by atoms with Gasteiger partial charge in [-0.25, -0.2) is 9.78 Å². The van der Waals surface area contributed by atoms with E-state index < -0.39 is 5.97 Å². The van der Waals surface area contributed by atoms with E-state index in [1.54, 1.807) is 21.0 Å². The minimum absolute atomic E-state index is 0.0757. The molecule has 0 radical (unpaired) electrons. The van der Waals surface area contributed by atoms with Crippen molar-refractivity contribution in [2.24, 2.45) is 0 Å². The molecule has 0 spiro atoms. The lowest BCUT2D eigenvalue weighted by Gasteiger charge is -2.11. The molecule has 1 N–H and O–H groups in total. The zero-order valence-corrected chi connectivity index (χ0v) is 10.8. The number of esters is 1. The summed E-state index contributed by atoms with van der Waals surface area (Å²) in [6, 6.07) is 0. The summed E-state index contributed by atoms with van der Waals surface area (Å²) in [6.07, 6.45) is 0. The zero-order chi connectivity index (χ0) is 12.8. The maximum absolute atomic E-state index is 11.5. The first-order valence-electron chi connectivity index (χ1n) is 5.10. The molecule has 0 fully saturated rings. The van der Waals surface area contributed by atoms with Crippen molar-refractivity contribution in [1.29, 1.82) is 0 Å². The standard InChI is InChI=1S/C10H15N3O3S/c1-4-16-10(15)8-9(17-6-12-8)11-5-7(14)13(2)3/h6,11H,4-5H2,1-3H3. The molecule has 1 amide bonds. The molecule has 0 aliphatic heterocycles. The van der Waals surface area contributed by atoms with Gasteiger partial charge in [0.15, 0.2) is 5.69 Å². The van der Waals surface area contributed by atoms with Gasteiger partial charge in [0.25, 0.3) is 0 Å². The fourth-order valence-corrected chi connectivity index (χ4v) is 1.70. The summed E-state index contributed by atoms with van der Waals surface area (Å²) in [6.45, 7) is 2.15. The molecule has 7 heteroatoms. The molecule has 17 heavy (non-hydrogen) atoms. The van der Waals surface area contributed by atoms with Crippen LogP contribution in [-0.2, 0) is 9.53 Å². The quantitative estimate of drug-likeness (QED) is 0.791. The Balaban J connectivity index is 2.63. The van der Waals surface area contributed by atoms with Crippen LogP contribution in [0.15, 0.2) is 5.51 Å². The van der Waals surface area contributed by atoms with E-state index in [-0.39, 0.29) is 18.1 Å². The van der Waals surface area contributed by atoms with Crippen LogP contribution in [0.25, 0.3) is 0 Å². The van der Waals surface area contributed by atoms with Gasteiger partial charge in [0.1, 0.15) is 5.00 Å². The van der Waals surface area contributed by atoms with Gasteiger partial charge in [0, 0.05) is 14.1 Å². The summed E-state index contributed by atoms with van der Waals surface area (Å²) >= 11 is 1.26. The summed E-state index contributed by atoms with van der Waals surface area (Å²) in [5.41, 5.74) is 1.76. The molecule has 6 nitrogen and oxygen atoms in total. The Morgan fingerprint density at radius 2 is 2.24 bits per heavy atom. The number of nitrogens with one attached hydrogen (secondary N) is 1. The van der Waals surface area contributed by atoms with Crippen molar-refractivity contribution < 1.29 is 14.3 Å². The van der Waals surface area contributed by atoms with Crippen LogP contribution in [0.5, 0.6) is 0 Å². The maximum Gasteiger partial charge on any atom is 0.360 e. The van der Waals surface area contributed by atoms with Gasteiger partial charge < -0.3 is 15.0 Å². The largest absolute Gasteiger partial charge is 0.461 e. The van der Waals surface area contributed by atoms with Crippen LogP contribution >= 0.6 is 11.3 Å². The number of thiazole rings is 1. The molecular formula is C10H15N3O3S. The third-order valence-corrected chi connectivity index (χ3v) is 2.72. The molecule has 0 aliphatic carbocycles. The normalized spacial score (nSPS) is 9.82. The Morgan fingerprint density at radius 3 is 2.82 bits per heavy atom. The lowest BCUT2D eigenvalue weighted by atomic mass is 10.4. The topological polar surface area (TPSA) is 71.5 Å². The van der Waals surface area contributed by atoms with Gasteiger partial charge in [0.2, 0.25) is 5.91 Å². The number of rotatable bonds is 5. The number of aromatic nitrogens is 1. The van der Waals surface area contributed by atoms with E-state index in [0.717, 1.165) is 0 Å². The number of likely N-dealkylation sites (N-methyl/N-ethyl adjacent to an activating group) is 1. The number of amides is 1. The van der Waals surface area contributed by atoms with Crippen LogP contribution in [0.1, 0.15) is 17.4 Å². The smallest absolute Gasteiger partial charge is 0.360 e. The van der Waals surface area contributed by atoms with E-state index in [0.29, 0.717) is 11.6 Å². The molecule has 0 aliphatic rings. The molecule has 0 aromatic carbocycles. The third-order valence-electron chi connectivity index (χ3n) is 1.94. The van der Waals surface area contributed by atoms with Gasteiger partial charge in [-0.15, -0.1) is 11.3 Å². The van der Waals surface area contributed by atoms with E-state index in [9.17, 15) is 9.59 Å². The minimum Gasteiger partial charge on any atom is -0.461 e. The van der Waals surface area contributed by atoms with Crippen LogP contribution in [0, 0.1) is 0 Å². The van der Waals surface area contributed by atoms with E-state index in [1.807, 2.05) is 0 Å². The first-order chi connectivity index (χ1) is 8.06. The van der Waals surface area contributed by atoms with E-state index in [4.69, 9.17) is 4.74 Å². The summed E-state index contributed by atoms with van der Waals surface area (Å²) < 4.78 is 4.85. The molecule has 1 heterocycles. The first-order valence-corrected chi connectivity index (χ1v) is 5.98. The number of hydrogen-bond acceptors (Lipinski definition) is 6. The zero-order valence-electron chi connectivity index (χ0n) is 10.0. The number of anilines is 1. The highest BCUT2D eigenvalue weighted by Crippen LogP contribution is 2.20. The Bertz CT molecular complexity index is 403. The van der Waals surface area contributed by atoms with Crippen LogP contribution < -0.4 is 5.32 Å². The fourth-order valence-electron chi connectivity index (χ4n) is 1.03. The maximum atomic E-state index is 11.5. The summed E-state index contributed by atoms with van der Waals surface area (Å²) in [7, 11) is 3.34. The highest BCUT2D eigenvalue weighted by molar-refractivity contribution is 7.14. The van der Waals surface area contributed by atoms with Crippen molar-refractivity contribution >= 4 is 28.2 Å². The second-order valence-electron chi connectivity index (χ2n) is 3.39.